The van der Waals surface area contributed by atoms with Crippen molar-refractivity contribution in [2.75, 3.05) is 0 Å². The van der Waals surface area contributed by atoms with Gasteiger partial charge in [-0.1, -0.05) is 48.0 Å². The Morgan fingerprint density at radius 2 is 1.82 bits per heavy atom. The highest BCUT2D eigenvalue weighted by Gasteiger charge is 2.14. The van der Waals surface area contributed by atoms with Gasteiger partial charge >= 0.3 is 0 Å². The van der Waals surface area contributed by atoms with Gasteiger partial charge in [0.1, 0.15) is 0 Å². The third-order valence-electron chi connectivity index (χ3n) is 2.48. The van der Waals surface area contributed by atoms with Gasteiger partial charge in [0.2, 0.25) is 0 Å². The number of halogens is 1. The molecule has 0 radical (unpaired) electrons. The Morgan fingerprint density at radius 1 is 1.12 bits per heavy atom. The number of benzene rings is 2. The lowest BCUT2D eigenvalue weighted by atomic mass is 10.0. The fourth-order valence-corrected chi connectivity index (χ4v) is 1.84. The van der Waals surface area contributed by atoms with Crippen LogP contribution in [0.2, 0.25) is 5.02 Å². The van der Waals surface area contributed by atoms with Crippen LogP contribution in [0.1, 0.15) is 11.1 Å². The van der Waals surface area contributed by atoms with Crippen molar-refractivity contribution < 1.29 is 4.92 Å². The van der Waals surface area contributed by atoms with Crippen LogP contribution in [0, 0.1) is 10.1 Å². The minimum Gasteiger partial charge on any atom is -0.258 e. The Kier molecular flexibility index (Phi) is 3.40. The van der Waals surface area contributed by atoms with E-state index in [9.17, 15) is 10.1 Å². The van der Waals surface area contributed by atoms with E-state index in [-0.39, 0.29) is 5.69 Å². The van der Waals surface area contributed by atoms with Crippen molar-refractivity contribution in [2.45, 2.75) is 6.42 Å². The highest BCUT2D eigenvalue weighted by Crippen LogP contribution is 2.25. The van der Waals surface area contributed by atoms with Gasteiger partial charge in [0.05, 0.1) is 4.92 Å². The third kappa shape index (κ3) is 2.82. The van der Waals surface area contributed by atoms with Crippen molar-refractivity contribution in [1.82, 2.24) is 0 Å². The summed E-state index contributed by atoms with van der Waals surface area (Å²) in [5.74, 6) is 0. The summed E-state index contributed by atoms with van der Waals surface area (Å²) in [5.41, 5.74) is 1.78. The quantitative estimate of drug-likeness (QED) is 0.611. The second-order valence-electron chi connectivity index (χ2n) is 3.69. The number of hydrogen-bond acceptors (Lipinski definition) is 2. The molecule has 0 unspecified atom stereocenters. The Labute approximate surface area is 104 Å². The fraction of sp³-hybridized carbons (Fsp3) is 0.0769. The zero-order chi connectivity index (χ0) is 12.3. The van der Waals surface area contributed by atoms with Gasteiger partial charge in [-0.2, -0.15) is 0 Å². The van der Waals surface area contributed by atoms with Crippen LogP contribution in [0.25, 0.3) is 0 Å². The van der Waals surface area contributed by atoms with Gasteiger partial charge in [-0.15, -0.1) is 0 Å². The van der Waals surface area contributed by atoms with E-state index in [2.05, 4.69) is 0 Å². The zero-order valence-electron chi connectivity index (χ0n) is 8.97. The fourth-order valence-electron chi connectivity index (χ4n) is 1.67. The SMILES string of the molecule is O=[N+]([O-])c1cc(Cl)ccc1Cc1ccccc1. The highest BCUT2D eigenvalue weighted by atomic mass is 35.5. The van der Waals surface area contributed by atoms with Crippen LogP contribution in [0.5, 0.6) is 0 Å². The topological polar surface area (TPSA) is 43.1 Å². The van der Waals surface area contributed by atoms with Crippen LogP contribution >= 0.6 is 11.6 Å². The molecule has 0 fully saturated rings. The van der Waals surface area contributed by atoms with Crippen LogP contribution in [-0.4, -0.2) is 4.92 Å². The summed E-state index contributed by atoms with van der Waals surface area (Å²) in [4.78, 5) is 10.5. The summed E-state index contributed by atoms with van der Waals surface area (Å²) in [5, 5.41) is 11.3. The number of nitro groups is 1. The van der Waals surface area contributed by atoms with Gasteiger partial charge in [0.25, 0.3) is 5.69 Å². The number of nitro benzene ring substituents is 1. The maximum Gasteiger partial charge on any atom is 0.274 e. The first-order valence-electron chi connectivity index (χ1n) is 5.13. The lowest BCUT2D eigenvalue weighted by Gasteiger charge is -2.03. The van der Waals surface area contributed by atoms with Gasteiger partial charge < -0.3 is 0 Å². The van der Waals surface area contributed by atoms with Crippen molar-refractivity contribution in [2.24, 2.45) is 0 Å². The molecular formula is C13H10ClNO2. The van der Waals surface area contributed by atoms with Crippen molar-refractivity contribution in [3.8, 4) is 0 Å². The monoisotopic (exact) mass is 247 g/mol. The van der Waals surface area contributed by atoms with Gasteiger partial charge in [0.15, 0.2) is 0 Å². The van der Waals surface area contributed by atoms with Crippen molar-refractivity contribution >= 4 is 17.3 Å². The number of rotatable bonds is 3. The maximum absolute atomic E-state index is 10.9. The first-order valence-corrected chi connectivity index (χ1v) is 5.51. The van der Waals surface area contributed by atoms with Crippen LogP contribution in [0.3, 0.4) is 0 Å². The minimum absolute atomic E-state index is 0.0707. The summed E-state index contributed by atoms with van der Waals surface area (Å²) in [6.07, 6.45) is 0.536. The average molecular weight is 248 g/mol. The second-order valence-corrected chi connectivity index (χ2v) is 4.13. The van der Waals surface area contributed by atoms with E-state index in [0.717, 1.165) is 5.56 Å². The molecule has 0 aliphatic carbocycles. The maximum atomic E-state index is 10.9. The van der Waals surface area contributed by atoms with E-state index < -0.39 is 4.92 Å². The molecule has 3 nitrogen and oxygen atoms in total. The van der Waals surface area contributed by atoms with Crippen molar-refractivity contribution in [3.63, 3.8) is 0 Å². The lowest BCUT2D eigenvalue weighted by molar-refractivity contribution is -0.385. The molecule has 0 aliphatic rings. The minimum atomic E-state index is -0.399. The van der Waals surface area contributed by atoms with Gasteiger partial charge in [-0.25, -0.2) is 0 Å². The van der Waals surface area contributed by atoms with Gasteiger partial charge in [-0.3, -0.25) is 10.1 Å². The van der Waals surface area contributed by atoms with E-state index >= 15 is 0 Å². The highest BCUT2D eigenvalue weighted by molar-refractivity contribution is 6.30. The summed E-state index contributed by atoms with van der Waals surface area (Å²) in [6, 6.07) is 14.4. The van der Waals surface area contributed by atoms with E-state index in [1.165, 1.54) is 6.07 Å². The molecule has 0 N–H and O–H groups in total. The van der Waals surface area contributed by atoms with E-state index in [4.69, 9.17) is 11.6 Å². The van der Waals surface area contributed by atoms with Crippen LogP contribution in [0.15, 0.2) is 48.5 Å². The predicted molar refractivity (Wildman–Crippen MR) is 67.4 cm³/mol. The molecule has 2 aromatic rings. The standard InChI is InChI=1S/C13H10ClNO2/c14-12-7-6-11(13(9-12)15(16)17)8-10-4-2-1-3-5-10/h1-7,9H,8H2. The summed E-state index contributed by atoms with van der Waals surface area (Å²) in [6.45, 7) is 0. The molecule has 0 saturated heterocycles. The van der Waals surface area contributed by atoms with Gasteiger partial charge in [-0.05, 0) is 11.6 Å². The summed E-state index contributed by atoms with van der Waals surface area (Å²) >= 11 is 5.76. The molecule has 2 aromatic carbocycles. The predicted octanol–water partition coefficient (Wildman–Crippen LogP) is 3.84. The Balaban J connectivity index is 2.36. The molecule has 0 saturated carbocycles. The Morgan fingerprint density at radius 3 is 2.47 bits per heavy atom. The van der Waals surface area contributed by atoms with Crippen LogP contribution in [-0.2, 0) is 6.42 Å². The lowest BCUT2D eigenvalue weighted by Crippen LogP contribution is -1.96. The average Bonchev–Trinajstić information content (AvgIpc) is 2.32. The smallest absolute Gasteiger partial charge is 0.258 e. The number of hydrogen-bond donors (Lipinski definition) is 0. The van der Waals surface area contributed by atoms with Crippen molar-refractivity contribution in [3.05, 3.63) is 74.8 Å². The van der Waals surface area contributed by atoms with E-state index in [1.54, 1.807) is 12.1 Å². The zero-order valence-corrected chi connectivity index (χ0v) is 9.72. The molecular weight excluding hydrogens is 238 g/mol. The molecule has 86 valence electrons. The first-order chi connectivity index (χ1) is 8.16. The second kappa shape index (κ2) is 4.97. The molecule has 0 bridgehead atoms. The largest absolute Gasteiger partial charge is 0.274 e. The summed E-state index contributed by atoms with van der Waals surface area (Å²) < 4.78 is 0. The van der Waals surface area contributed by atoms with Gasteiger partial charge in [0, 0.05) is 23.1 Å². The van der Waals surface area contributed by atoms with E-state index in [1.807, 2.05) is 30.3 Å². The molecule has 0 atom stereocenters. The number of nitrogens with zero attached hydrogens (tertiary/aromatic N) is 1. The molecule has 2 rings (SSSR count). The molecule has 4 heteroatoms. The van der Waals surface area contributed by atoms with Crippen molar-refractivity contribution in [1.29, 1.82) is 0 Å². The molecule has 17 heavy (non-hydrogen) atoms. The third-order valence-corrected chi connectivity index (χ3v) is 2.72. The van der Waals surface area contributed by atoms with Crippen LogP contribution < -0.4 is 0 Å². The molecule has 0 aliphatic heterocycles. The molecule has 0 amide bonds. The molecule has 0 aromatic heterocycles. The Bertz CT molecular complexity index is 540. The molecule has 0 spiro atoms. The summed E-state index contributed by atoms with van der Waals surface area (Å²) in [7, 11) is 0. The first kappa shape index (κ1) is 11.6. The van der Waals surface area contributed by atoms with Crippen LogP contribution in [0.4, 0.5) is 5.69 Å². The molecule has 0 heterocycles. The Hall–Kier alpha value is -1.87. The van der Waals surface area contributed by atoms with E-state index in [0.29, 0.717) is 17.0 Å². The normalized spacial score (nSPS) is 10.2.